The molecular weight excluding hydrogens is 580 g/mol. The van der Waals surface area contributed by atoms with Crippen molar-refractivity contribution in [2.24, 2.45) is 7.05 Å². The van der Waals surface area contributed by atoms with Gasteiger partial charge in [0.05, 0.1) is 17.3 Å². The number of aromatic nitrogens is 3. The summed E-state index contributed by atoms with van der Waals surface area (Å²) < 4.78 is 32.4. The number of esters is 1. The molecule has 1 amide bonds. The molecule has 0 aliphatic carbocycles. The second-order valence-corrected chi connectivity index (χ2v) is 12.7. The van der Waals surface area contributed by atoms with E-state index in [0.717, 1.165) is 22.9 Å². The Bertz CT molecular complexity index is 1600. The van der Waals surface area contributed by atoms with Crippen LogP contribution in [0.15, 0.2) is 64.0 Å². The van der Waals surface area contributed by atoms with E-state index in [1.807, 2.05) is 6.92 Å². The first-order chi connectivity index (χ1) is 18.6. The highest BCUT2D eigenvalue weighted by atomic mass is 35.5. The van der Waals surface area contributed by atoms with Crippen molar-refractivity contribution in [3.63, 3.8) is 0 Å². The summed E-state index contributed by atoms with van der Waals surface area (Å²) in [5.74, 6) is -1.01. The Morgan fingerprint density at radius 1 is 1.10 bits per heavy atom. The van der Waals surface area contributed by atoms with Gasteiger partial charge in [0.25, 0.3) is 0 Å². The van der Waals surface area contributed by atoms with Crippen molar-refractivity contribution in [1.29, 1.82) is 0 Å². The molecule has 4 rings (SSSR count). The molecule has 0 saturated carbocycles. The molecule has 0 atom stereocenters. The molecule has 0 aliphatic rings. The van der Waals surface area contributed by atoms with Crippen molar-refractivity contribution < 1.29 is 22.7 Å². The third-order valence-corrected chi connectivity index (χ3v) is 9.43. The molecule has 39 heavy (non-hydrogen) atoms. The summed E-state index contributed by atoms with van der Waals surface area (Å²) in [5, 5.41) is 14.0. The number of carbonyl (C=O) groups excluding carboxylic acids is 2. The molecule has 0 spiro atoms. The fraction of sp³-hybridized carbons (Fsp3) is 0.231. The molecular formula is C26H25ClN4O5S3. The van der Waals surface area contributed by atoms with E-state index in [0.29, 0.717) is 20.7 Å². The van der Waals surface area contributed by atoms with Crippen molar-refractivity contribution in [3.8, 4) is 11.1 Å². The predicted molar refractivity (Wildman–Crippen MR) is 153 cm³/mol. The number of thiophene rings is 1. The van der Waals surface area contributed by atoms with E-state index >= 15 is 0 Å². The summed E-state index contributed by atoms with van der Waals surface area (Å²) in [6.45, 7) is 3.78. The van der Waals surface area contributed by atoms with Crippen molar-refractivity contribution in [3.05, 3.63) is 75.9 Å². The number of amides is 1. The highest BCUT2D eigenvalue weighted by molar-refractivity contribution is 7.99. The number of nitrogens with zero attached hydrogens (tertiary/aromatic N) is 3. The SMILES string of the molecule is CCOC(=O)c1c(-c2ccc(Cl)cc2)csc1NC(=O)CSc1nnc(CS(=O)(=O)c2ccc(C)cc2)n1C. The number of thioether (sulfide) groups is 1. The predicted octanol–water partition coefficient (Wildman–Crippen LogP) is 5.39. The van der Waals surface area contributed by atoms with E-state index in [9.17, 15) is 18.0 Å². The van der Waals surface area contributed by atoms with E-state index in [1.165, 1.54) is 11.3 Å². The summed E-state index contributed by atoms with van der Waals surface area (Å²) >= 11 is 8.32. The van der Waals surface area contributed by atoms with E-state index in [2.05, 4.69) is 15.5 Å². The van der Waals surface area contributed by atoms with Crippen LogP contribution in [0.4, 0.5) is 5.00 Å². The highest BCUT2D eigenvalue weighted by Crippen LogP contribution is 2.37. The maximum atomic E-state index is 12.8. The lowest BCUT2D eigenvalue weighted by molar-refractivity contribution is -0.113. The molecule has 9 nitrogen and oxygen atoms in total. The van der Waals surface area contributed by atoms with Crippen LogP contribution in [0.1, 0.15) is 28.7 Å². The fourth-order valence-electron chi connectivity index (χ4n) is 3.59. The van der Waals surface area contributed by atoms with Gasteiger partial charge in [0.2, 0.25) is 5.91 Å². The van der Waals surface area contributed by atoms with Crippen LogP contribution in [0.2, 0.25) is 5.02 Å². The second kappa shape index (κ2) is 12.3. The first kappa shape index (κ1) is 28.8. The lowest BCUT2D eigenvalue weighted by Crippen LogP contribution is -2.17. The first-order valence-corrected chi connectivity index (χ1v) is 15.6. The van der Waals surface area contributed by atoms with E-state index < -0.39 is 15.8 Å². The topological polar surface area (TPSA) is 120 Å². The van der Waals surface area contributed by atoms with Gasteiger partial charge in [-0.05, 0) is 43.7 Å². The minimum absolute atomic E-state index is 0.0346. The fourth-order valence-corrected chi connectivity index (χ4v) is 6.72. The van der Waals surface area contributed by atoms with Gasteiger partial charge in [-0.1, -0.05) is 53.2 Å². The number of rotatable bonds is 10. The Morgan fingerprint density at radius 2 is 1.79 bits per heavy atom. The van der Waals surface area contributed by atoms with Gasteiger partial charge in [-0.3, -0.25) is 4.79 Å². The quantitative estimate of drug-likeness (QED) is 0.189. The molecule has 0 bridgehead atoms. The second-order valence-electron chi connectivity index (χ2n) is 8.45. The number of nitrogens with one attached hydrogen (secondary N) is 1. The Morgan fingerprint density at radius 3 is 2.46 bits per heavy atom. The molecule has 4 aromatic rings. The molecule has 0 aliphatic heterocycles. The van der Waals surface area contributed by atoms with Gasteiger partial charge in [-0.15, -0.1) is 21.5 Å². The number of ether oxygens (including phenoxy) is 1. The Kier molecular flexibility index (Phi) is 9.11. The third-order valence-electron chi connectivity index (χ3n) is 5.64. The molecule has 0 unspecified atom stereocenters. The van der Waals surface area contributed by atoms with Gasteiger partial charge >= 0.3 is 5.97 Å². The van der Waals surface area contributed by atoms with Crippen LogP contribution in [0.5, 0.6) is 0 Å². The van der Waals surface area contributed by atoms with Gasteiger partial charge in [0.1, 0.15) is 22.1 Å². The number of hydrogen-bond donors (Lipinski definition) is 1. The lowest BCUT2D eigenvalue weighted by Gasteiger charge is -2.09. The molecule has 0 saturated heterocycles. The zero-order valence-electron chi connectivity index (χ0n) is 21.3. The van der Waals surface area contributed by atoms with Gasteiger partial charge in [-0.2, -0.15) is 0 Å². The molecule has 0 radical (unpaired) electrons. The van der Waals surface area contributed by atoms with Crippen LogP contribution in [0, 0.1) is 6.92 Å². The van der Waals surface area contributed by atoms with Crippen molar-refractivity contribution in [1.82, 2.24) is 14.8 Å². The van der Waals surface area contributed by atoms with Crippen LogP contribution in [-0.4, -0.2) is 47.4 Å². The van der Waals surface area contributed by atoms with Crippen molar-refractivity contribution >= 4 is 61.4 Å². The van der Waals surface area contributed by atoms with Gasteiger partial charge in [0.15, 0.2) is 15.0 Å². The summed E-state index contributed by atoms with van der Waals surface area (Å²) in [6.07, 6.45) is 0. The number of sulfone groups is 1. The van der Waals surface area contributed by atoms with Gasteiger partial charge < -0.3 is 14.6 Å². The average molecular weight is 605 g/mol. The Labute approximate surface area is 239 Å². The molecule has 0 fully saturated rings. The smallest absolute Gasteiger partial charge is 0.341 e. The Balaban J connectivity index is 1.45. The zero-order chi connectivity index (χ0) is 28.2. The van der Waals surface area contributed by atoms with Crippen molar-refractivity contribution in [2.45, 2.75) is 29.7 Å². The highest BCUT2D eigenvalue weighted by Gasteiger charge is 2.24. The van der Waals surface area contributed by atoms with Crippen LogP contribution < -0.4 is 5.32 Å². The molecule has 2 heterocycles. The lowest BCUT2D eigenvalue weighted by atomic mass is 10.0. The summed E-state index contributed by atoms with van der Waals surface area (Å²) in [6, 6.07) is 13.6. The van der Waals surface area contributed by atoms with E-state index in [-0.39, 0.29) is 40.3 Å². The summed E-state index contributed by atoms with van der Waals surface area (Å²) in [4.78, 5) is 25.8. The van der Waals surface area contributed by atoms with Crippen LogP contribution in [-0.2, 0) is 32.2 Å². The summed E-state index contributed by atoms with van der Waals surface area (Å²) in [7, 11) is -1.96. The maximum absolute atomic E-state index is 12.8. The number of halogens is 1. The number of carbonyl (C=O) groups is 2. The standard InChI is InChI=1S/C26H25ClN4O5S3/c1-4-36-25(33)23-20(17-7-9-18(27)10-8-17)13-37-24(23)28-22(32)14-38-26-30-29-21(31(26)3)15-39(34,35)19-11-5-16(2)6-12-19/h5-13H,4,14-15H2,1-3H3,(H,28,32). The first-order valence-electron chi connectivity index (χ1n) is 11.7. The number of anilines is 1. The molecule has 2 aromatic heterocycles. The molecule has 204 valence electrons. The zero-order valence-corrected chi connectivity index (χ0v) is 24.5. The number of benzene rings is 2. The molecule has 2 aromatic carbocycles. The minimum Gasteiger partial charge on any atom is -0.462 e. The monoisotopic (exact) mass is 604 g/mol. The van der Waals surface area contributed by atoms with Crippen LogP contribution in [0.25, 0.3) is 11.1 Å². The summed E-state index contributed by atoms with van der Waals surface area (Å²) in [5.41, 5.74) is 2.62. The van der Waals surface area contributed by atoms with Crippen LogP contribution >= 0.6 is 34.7 Å². The Hall–Kier alpha value is -3.19. The molecule has 13 heteroatoms. The maximum Gasteiger partial charge on any atom is 0.341 e. The average Bonchev–Trinajstić information content (AvgIpc) is 3.46. The normalized spacial score (nSPS) is 11.4. The molecule has 1 N–H and O–H groups in total. The number of aryl methyl sites for hydroxylation is 1. The van der Waals surface area contributed by atoms with Gasteiger partial charge in [0, 0.05) is 23.0 Å². The minimum atomic E-state index is -3.61. The largest absolute Gasteiger partial charge is 0.462 e. The third kappa shape index (κ3) is 6.88. The van der Waals surface area contributed by atoms with Crippen LogP contribution in [0.3, 0.4) is 0 Å². The van der Waals surface area contributed by atoms with Gasteiger partial charge in [-0.25, -0.2) is 13.2 Å². The number of hydrogen-bond acceptors (Lipinski definition) is 9. The van der Waals surface area contributed by atoms with E-state index in [4.69, 9.17) is 16.3 Å². The van der Waals surface area contributed by atoms with Crippen molar-refractivity contribution in [2.75, 3.05) is 17.7 Å². The van der Waals surface area contributed by atoms with E-state index in [1.54, 1.807) is 72.4 Å².